The third-order valence-electron chi connectivity index (χ3n) is 5.14. The highest BCUT2D eigenvalue weighted by molar-refractivity contribution is 9.10. The topological polar surface area (TPSA) is 65.1 Å². The van der Waals surface area contributed by atoms with Gasteiger partial charge in [0.05, 0.1) is 11.5 Å². The van der Waals surface area contributed by atoms with Crippen LogP contribution in [0.25, 0.3) is 10.9 Å². The summed E-state index contributed by atoms with van der Waals surface area (Å²) in [7, 11) is 0. The van der Waals surface area contributed by atoms with Gasteiger partial charge in [-0.2, -0.15) is 0 Å². The lowest BCUT2D eigenvalue weighted by Crippen LogP contribution is -2.50. The van der Waals surface area contributed by atoms with Crippen molar-refractivity contribution >= 4 is 45.2 Å². The van der Waals surface area contributed by atoms with Crippen LogP contribution >= 0.6 is 28.3 Å². The average molecular weight is 386 g/mol. The van der Waals surface area contributed by atoms with E-state index in [0.717, 1.165) is 47.9 Å². The number of carboxylic acids is 1. The van der Waals surface area contributed by atoms with E-state index in [9.17, 15) is 9.90 Å². The number of carboxylic acid groups (broad SMARTS) is 1. The number of benzene rings is 1. The number of hydrogen-bond acceptors (Lipinski definition) is 2. The number of aromatic nitrogens is 1. The van der Waals surface area contributed by atoms with Crippen molar-refractivity contribution in [2.45, 2.75) is 31.7 Å². The SMILES string of the molecule is Cl.O=C(O)C1(C2NCCc3c2[nH]c2ccc(Br)cc32)CCC1. The highest BCUT2D eigenvalue weighted by atomic mass is 79.9. The summed E-state index contributed by atoms with van der Waals surface area (Å²) >= 11 is 3.52. The van der Waals surface area contributed by atoms with Crippen molar-refractivity contribution in [1.29, 1.82) is 0 Å². The maximum Gasteiger partial charge on any atom is 0.311 e. The van der Waals surface area contributed by atoms with Crippen molar-refractivity contribution in [3.8, 4) is 0 Å². The second-order valence-corrected chi connectivity index (χ2v) is 7.07. The van der Waals surface area contributed by atoms with E-state index in [1.807, 2.05) is 6.07 Å². The Morgan fingerprint density at radius 1 is 1.36 bits per heavy atom. The Bertz CT molecular complexity index is 739. The molecule has 6 heteroatoms. The molecule has 0 radical (unpaired) electrons. The van der Waals surface area contributed by atoms with Gasteiger partial charge in [-0.05, 0) is 49.6 Å². The van der Waals surface area contributed by atoms with E-state index in [-0.39, 0.29) is 18.4 Å². The van der Waals surface area contributed by atoms with Crippen molar-refractivity contribution in [2.75, 3.05) is 6.54 Å². The fourth-order valence-electron chi connectivity index (χ4n) is 3.86. The Kier molecular flexibility index (Phi) is 4.00. The predicted molar refractivity (Wildman–Crippen MR) is 91.6 cm³/mol. The Labute approximate surface area is 143 Å². The largest absolute Gasteiger partial charge is 0.481 e. The summed E-state index contributed by atoms with van der Waals surface area (Å²) in [4.78, 5) is 15.3. The molecule has 0 bridgehead atoms. The second-order valence-electron chi connectivity index (χ2n) is 6.16. The fourth-order valence-corrected chi connectivity index (χ4v) is 4.22. The van der Waals surface area contributed by atoms with Crippen LogP contribution in [-0.4, -0.2) is 22.6 Å². The van der Waals surface area contributed by atoms with Crippen LogP contribution in [0.4, 0.5) is 0 Å². The number of aromatic amines is 1. The van der Waals surface area contributed by atoms with Crippen LogP contribution < -0.4 is 5.32 Å². The minimum absolute atomic E-state index is 0. The van der Waals surface area contributed by atoms with Crippen LogP contribution in [0.15, 0.2) is 22.7 Å². The van der Waals surface area contributed by atoms with E-state index in [0.29, 0.717) is 0 Å². The van der Waals surface area contributed by atoms with Gasteiger partial charge in [-0.1, -0.05) is 22.4 Å². The first-order chi connectivity index (χ1) is 10.1. The molecule has 2 heterocycles. The number of halogens is 2. The zero-order valence-corrected chi connectivity index (χ0v) is 14.4. The number of aliphatic carboxylic acids is 1. The number of fused-ring (bicyclic) bond motifs is 3. The molecule has 1 atom stereocenters. The molecule has 0 spiro atoms. The second kappa shape index (κ2) is 5.55. The van der Waals surface area contributed by atoms with Crippen LogP contribution in [0.2, 0.25) is 0 Å². The monoisotopic (exact) mass is 384 g/mol. The molecular weight excluding hydrogens is 368 g/mol. The molecule has 4 rings (SSSR count). The lowest BCUT2D eigenvalue weighted by molar-refractivity contribution is -0.158. The summed E-state index contributed by atoms with van der Waals surface area (Å²) < 4.78 is 1.06. The predicted octanol–water partition coefficient (Wildman–Crippen LogP) is 3.79. The van der Waals surface area contributed by atoms with E-state index in [4.69, 9.17) is 0 Å². The molecule has 0 amide bonds. The number of H-pyrrole nitrogens is 1. The molecule has 2 aromatic rings. The molecule has 1 unspecified atom stereocenters. The average Bonchev–Trinajstić information content (AvgIpc) is 2.76. The van der Waals surface area contributed by atoms with Crippen LogP contribution in [0.5, 0.6) is 0 Å². The van der Waals surface area contributed by atoms with Gasteiger partial charge in [0.15, 0.2) is 0 Å². The van der Waals surface area contributed by atoms with Gasteiger partial charge in [0, 0.05) is 21.1 Å². The lowest BCUT2D eigenvalue weighted by Gasteiger charge is -2.45. The fraction of sp³-hybridized carbons (Fsp3) is 0.438. The number of carbonyl (C=O) groups is 1. The molecule has 1 saturated carbocycles. The maximum atomic E-state index is 11.8. The maximum absolute atomic E-state index is 11.8. The van der Waals surface area contributed by atoms with Crippen molar-refractivity contribution in [3.05, 3.63) is 33.9 Å². The summed E-state index contributed by atoms with van der Waals surface area (Å²) in [5, 5.41) is 14.4. The Balaban J connectivity index is 0.00000144. The minimum atomic E-state index is -0.668. The minimum Gasteiger partial charge on any atom is -0.481 e. The molecular formula is C16H18BrClN2O2. The van der Waals surface area contributed by atoms with E-state index >= 15 is 0 Å². The normalized spacial score (nSPS) is 22.5. The third kappa shape index (κ3) is 2.10. The summed E-state index contributed by atoms with van der Waals surface area (Å²) in [5.74, 6) is -0.668. The lowest BCUT2D eigenvalue weighted by atomic mass is 9.62. The standard InChI is InChI=1S/C16H17BrN2O2.ClH/c17-9-2-3-12-11(8-9)10-4-7-18-14(13(10)19-12)16(15(20)21)5-1-6-16;/h2-3,8,14,18-19H,1,4-7H2,(H,20,21);1H. The van der Waals surface area contributed by atoms with Crippen molar-refractivity contribution in [3.63, 3.8) is 0 Å². The molecule has 1 aliphatic carbocycles. The molecule has 22 heavy (non-hydrogen) atoms. The Morgan fingerprint density at radius 3 is 2.77 bits per heavy atom. The number of rotatable bonds is 2. The van der Waals surface area contributed by atoms with Gasteiger partial charge in [-0.25, -0.2) is 0 Å². The van der Waals surface area contributed by atoms with Gasteiger partial charge in [-0.3, -0.25) is 4.79 Å². The van der Waals surface area contributed by atoms with E-state index in [2.05, 4.69) is 38.4 Å². The van der Waals surface area contributed by atoms with Gasteiger partial charge in [-0.15, -0.1) is 12.4 Å². The van der Waals surface area contributed by atoms with Crippen molar-refractivity contribution < 1.29 is 9.90 Å². The molecule has 1 aromatic heterocycles. The highest BCUT2D eigenvalue weighted by Gasteiger charge is 2.52. The van der Waals surface area contributed by atoms with Crippen LogP contribution in [0, 0.1) is 5.41 Å². The molecule has 1 fully saturated rings. The van der Waals surface area contributed by atoms with E-state index in [1.165, 1.54) is 10.9 Å². The van der Waals surface area contributed by atoms with E-state index in [1.54, 1.807) is 0 Å². The van der Waals surface area contributed by atoms with Crippen LogP contribution in [0.3, 0.4) is 0 Å². The first kappa shape index (κ1) is 15.8. The van der Waals surface area contributed by atoms with E-state index < -0.39 is 11.4 Å². The van der Waals surface area contributed by atoms with Crippen molar-refractivity contribution in [1.82, 2.24) is 10.3 Å². The smallest absolute Gasteiger partial charge is 0.311 e. The summed E-state index contributed by atoms with van der Waals surface area (Å²) in [5.41, 5.74) is 2.82. The van der Waals surface area contributed by atoms with Gasteiger partial charge >= 0.3 is 5.97 Å². The Morgan fingerprint density at radius 2 is 2.14 bits per heavy atom. The molecule has 0 saturated heterocycles. The first-order valence-electron chi connectivity index (χ1n) is 7.38. The highest BCUT2D eigenvalue weighted by Crippen LogP contribution is 2.52. The number of nitrogens with one attached hydrogen (secondary N) is 2. The molecule has 118 valence electrons. The summed E-state index contributed by atoms with van der Waals surface area (Å²) in [6, 6.07) is 6.10. The molecule has 1 aliphatic heterocycles. The zero-order valence-electron chi connectivity index (χ0n) is 12.0. The van der Waals surface area contributed by atoms with Crippen LogP contribution in [-0.2, 0) is 11.2 Å². The van der Waals surface area contributed by atoms with Crippen LogP contribution in [0.1, 0.15) is 36.6 Å². The van der Waals surface area contributed by atoms with Gasteiger partial charge < -0.3 is 15.4 Å². The molecule has 4 nitrogen and oxygen atoms in total. The molecule has 3 N–H and O–H groups in total. The third-order valence-corrected chi connectivity index (χ3v) is 5.63. The Hall–Kier alpha value is -1.04. The summed E-state index contributed by atoms with van der Waals surface area (Å²) in [6.45, 7) is 0.839. The van der Waals surface area contributed by atoms with Crippen molar-refractivity contribution in [2.24, 2.45) is 5.41 Å². The van der Waals surface area contributed by atoms with Gasteiger partial charge in [0.2, 0.25) is 0 Å². The molecule has 2 aliphatic rings. The molecule has 1 aromatic carbocycles. The van der Waals surface area contributed by atoms with Gasteiger partial charge in [0.25, 0.3) is 0 Å². The first-order valence-corrected chi connectivity index (χ1v) is 8.18. The van der Waals surface area contributed by atoms with Gasteiger partial charge in [0.1, 0.15) is 0 Å². The number of hydrogen-bond donors (Lipinski definition) is 3. The summed E-state index contributed by atoms with van der Waals surface area (Å²) in [6.07, 6.45) is 3.47. The quantitative estimate of drug-likeness (QED) is 0.737. The zero-order chi connectivity index (χ0) is 14.6.